The van der Waals surface area contributed by atoms with Crippen LogP contribution in [0.25, 0.3) is 11.4 Å². The number of benzene rings is 1. The predicted octanol–water partition coefficient (Wildman–Crippen LogP) is 2.73. The van der Waals surface area contributed by atoms with Crippen molar-refractivity contribution in [3.8, 4) is 11.4 Å². The summed E-state index contributed by atoms with van der Waals surface area (Å²) in [4.78, 5) is 11.1. The molecule has 3 rings (SSSR count). The van der Waals surface area contributed by atoms with E-state index < -0.39 is 5.97 Å². The zero-order chi connectivity index (χ0) is 15.0. The molecule has 0 amide bonds. The number of aliphatic carboxylic acids is 1. The average molecular weight is 307 g/mol. The summed E-state index contributed by atoms with van der Waals surface area (Å²) in [6.45, 7) is 1.93. The van der Waals surface area contributed by atoms with E-state index in [0.717, 1.165) is 24.0 Å². The van der Waals surface area contributed by atoms with Gasteiger partial charge in [-0.05, 0) is 59.9 Å². The van der Waals surface area contributed by atoms with E-state index in [0.29, 0.717) is 16.8 Å². The molecule has 1 unspecified atom stereocenters. The van der Waals surface area contributed by atoms with Gasteiger partial charge >= 0.3 is 5.97 Å². The topological polar surface area (TPSA) is 80.9 Å². The number of rotatable bonds is 5. The van der Waals surface area contributed by atoms with Crippen LogP contribution in [0.15, 0.2) is 18.2 Å². The Bertz CT molecular complexity index is 681. The molecule has 0 spiro atoms. The van der Waals surface area contributed by atoms with E-state index in [9.17, 15) is 4.79 Å². The maximum Gasteiger partial charge on any atom is 0.305 e. The molecule has 1 aromatic heterocycles. The van der Waals surface area contributed by atoms with Gasteiger partial charge in [-0.1, -0.05) is 11.6 Å². The van der Waals surface area contributed by atoms with Gasteiger partial charge in [0.1, 0.15) is 0 Å². The van der Waals surface area contributed by atoms with Gasteiger partial charge in [-0.3, -0.25) is 4.79 Å². The molecule has 0 aliphatic heterocycles. The number of tetrazole rings is 1. The molecule has 2 aromatic rings. The lowest BCUT2D eigenvalue weighted by Crippen LogP contribution is -2.18. The molecule has 1 aromatic carbocycles. The van der Waals surface area contributed by atoms with Gasteiger partial charge < -0.3 is 5.11 Å². The number of aryl methyl sites for hydroxylation is 1. The third kappa shape index (κ3) is 2.90. The number of hydrogen-bond acceptors (Lipinski definition) is 4. The number of nitrogens with zero attached hydrogens (tertiary/aromatic N) is 4. The Morgan fingerprint density at radius 1 is 1.52 bits per heavy atom. The van der Waals surface area contributed by atoms with Crippen molar-refractivity contribution in [3.63, 3.8) is 0 Å². The van der Waals surface area contributed by atoms with E-state index in [2.05, 4.69) is 15.5 Å². The van der Waals surface area contributed by atoms with Crippen LogP contribution < -0.4 is 0 Å². The van der Waals surface area contributed by atoms with Crippen molar-refractivity contribution < 1.29 is 9.90 Å². The van der Waals surface area contributed by atoms with E-state index in [1.165, 1.54) is 0 Å². The summed E-state index contributed by atoms with van der Waals surface area (Å²) < 4.78 is 1.65. The molecule has 1 fully saturated rings. The van der Waals surface area contributed by atoms with Gasteiger partial charge in [-0.15, -0.1) is 5.10 Å². The number of carbonyl (C=O) groups is 1. The molecule has 7 heteroatoms. The Kier molecular flexibility index (Phi) is 3.63. The van der Waals surface area contributed by atoms with Gasteiger partial charge in [0.05, 0.1) is 12.5 Å². The van der Waals surface area contributed by atoms with Gasteiger partial charge in [0.15, 0.2) is 5.82 Å². The number of carboxylic acid groups (broad SMARTS) is 1. The second-order valence-electron chi connectivity index (χ2n) is 5.41. The highest BCUT2D eigenvalue weighted by Crippen LogP contribution is 2.42. The van der Waals surface area contributed by atoms with Crippen molar-refractivity contribution in [3.05, 3.63) is 28.8 Å². The second kappa shape index (κ2) is 5.44. The summed E-state index contributed by atoms with van der Waals surface area (Å²) >= 11 is 5.97. The SMILES string of the molecule is Cc1cc(Cl)ccc1-c1nnnn1C(CC(=O)O)C1CC1. The van der Waals surface area contributed by atoms with Crippen molar-refractivity contribution in [1.29, 1.82) is 0 Å². The molecule has 1 aliphatic rings. The first-order valence-electron chi connectivity index (χ1n) is 6.82. The molecule has 1 saturated carbocycles. The van der Waals surface area contributed by atoms with E-state index >= 15 is 0 Å². The molecule has 21 heavy (non-hydrogen) atoms. The van der Waals surface area contributed by atoms with Gasteiger partial charge in [0.25, 0.3) is 0 Å². The molecular weight excluding hydrogens is 292 g/mol. The van der Waals surface area contributed by atoms with Gasteiger partial charge in [0.2, 0.25) is 0 Å². The zero-order valence-electron chi connectivity index (χ0n) is 11.5. The molecule has 1 heterocycles. The van der Waals surface area contributed by atoms with Gasteiger partial charge in [-0.2, -0.15) is 0 Å². The van der Waals surface area contributed by atoms with Crippen molar-refractivity contribution in [2.24, 2.45) is 5.92 Å². The standard InChI is InChI=1S/C14H15ClN4O2/c1-8-6-10(15)4-5-11(8)14-16-17-18-19(14)12(7-13(20)21)9-2-3-9/h4-6,9,12H,2-3,7H2,1H3,(H,20,21). The third-order valence-electron chi connectivity index (χ3n) is 3.79. The summed E-state index contributed by atoms with van der Waals surface area (Å²) in [6.07, 6.45) is 2.09. The molecule has 0 saturated heterocycles. The second-order valence-corrected chi connectivity index (χ2v) is 5.85. The van der Waals surface area contributed by atoms with Crippen molar-refractivity contribution in [1.82, 2.24) is 20.2 Å². The van der Waals surface area contributed by atoms with Crippen LogP contribution in [0.2, 0.25) is 5.02 Å². The number of hydrogen-bond donors (Lipinski definition) is 1. The van der Waals surface area contributed by atoms with Crippen molar-refractivity contribution in [2.75, 3.05) is 0 Å². The molecular formula is C14H15ClN4O2. The fourth-order valence-corrected chi connectivity index (χ4v) is 2.81. The molecule has 1 N–H and O–H groups in total. The van der Waals surface area contributed by atoms with Gasteiger partial charge in [-0.25, -0.2) is 4.68 Å². The fourth-order valence-electron chi connectivity index (χ4n) is 2.59. The van der Waals surface area contributed by atoms with E-state index in [4.69, 9.17) is 16.7 Å². The minimum absolute atomic E-state index is 0.0370. The van der Waals surface area contributed by atoms with Crippen LogP contribution in [-0.2, 0) is 4.79 Å². The minimum Gasteiger partial charge on any atom is -0.481 e. The van der Waals surface area contributed by atoms with E-state index in [-0.39, 0.29) is 12.5 Å². The largest absolute Gasteiger partial charge is 0.481 e. The first-order chi connectivity index (χ1) is 10.1. The Morgan fingerprint density at radius 2 is 2.29 bits per heavy atom. The predicted molar refractivity (Wildman–Crippen MR) is 77.0 cm³/mol. The van der Waals surface area contributed by atoms with Crippen molar-refractivity contribution in [2.45, 2.75) is 32.2 Å². The summed E-state index contributed by atoms with van der Waals surface area (Å²) in [5.74, 6) is 0.111. The summed E-state index contributed by atoms with van der Waals surface area (Å²) in [7, 11) is 0. The Balaban J connectivity index is 2.01. The maximum absolute atomic E-state index is 11.1. The normalized spacial score (nSPS) is 15.9. The number of aromatic nitrogens is 4. The first kappa shape index (κ1) is 14.0. The minimum atomic E-state index is -0.832. The average Bonchev–Trinajstić information content (AvgIpc) is 3.14. The monoisotopic (exact) mass is 306 g/mol. The Hall–Kier alpha value is -1.95. The van der Waals surface area contributed by atoms with Crippen LogP contribution in [0.1, 0.15) is 30.9 Å². The number of carboxylic acids is 1. The lowest BCUT2D eigenvalue weighted by atomic mass is 10.1. The molecule has 0 bridgehead atoms. The molecule has 1 aliphatic carbocycles. The van der Waals surface area contributed by atoms with Crippen LogP contribution in [0.5, 0.6) is 0 Å². The smallest absolute Gasteiger partial charge is 0.305 e. The lowest BCUT2D eigenvalue weighted by Gasteiger charge is -2.16. The van der Waals surface area contributed by atoms with Gasteiger partial charge in [0, 0.05) is 10.6 Å². The third-order valence-corrected chi connectivity index (χ3v) is 4.02. The van der Waals surface area contributed by atoms with Crippen LogP contribution >= 0.6 is 11.6 Å². The summed E-state index contributed by atoms with van der Waals surface area (Å²) in [5.41, 5.74) is 1.84. The van der Waals surface area contributed by atoms with Crippen LogP contribution in [0.4, 0.5) is 0 Å². The quantitative estimate of drug-likeness (QED) is 0.918. The fraction of sp³-hybridized carbons (Fsp3) is 0.429. The zero-order valence-corrected chi connectivity index (χ0v) is 12.3. The Morgan fingerprint density at radius 3 is 2.90 bits per heavy atom. The summed E-state index contributed by atoms with van der Waals surface area (Å²) in [5, 5.41) is 21.6. The molecule has 110 valence electrons. The highest BCUT2D eigenvalue weighted by Gasteiger charge is 2.36. The summed E-state index contributed by atoms with van der Waals surface area (Å²) in [6, 6.07) is 5.30. The van der Waals surface area contributed by atoms with E-state index in [1.54, 1.807) is 10.7 Å². The lowest BCUT2D eigenvalue weighted by molar-refractivity contribution is -0.138. The first-order valence-corrected chi connectivity index (χ1v) is 7.20. The van der Waals surface area contributed by atoms with E-state index in [1.807, 2.05) is 19.1 Å². The van der Waals surface area contributed by atoms with Crippen LogP contribution in [0, 0.1) is 12.8 Å². The van der Waals surface area contributed by atoms with Crippen LogP contribution in [-0.4, -0.2) is 31.3 Å². The Labute approximate surface area is 126 Å². The molecule has 1 atom stereocenters. The van der Waals surface area contributed by atoms with Crippen molar-refractivity contribution >= 4 is 17.6 Å². The molecule has 6 nitrogen and oxygen atoms in total. The molecule has 0 radical (unpaired) electrons. The van der Waals surface area contributed by atoms with Crippen LogP contribution in [0.3, 0.4) is 0 Å². The highest BCUT2D eigenvalue weighted by molar-refractivity contribution is 6.30. The highest BCUT2D eigenvalue weighted by atomic mass is 35.5. The number of halogens is 1. The maximum atomic E-state index is 11.1.